The van der Waals surface area contributed by atoms with Crippen LogP contribution in [-0.4, -0.2) is 27.6 Å². The highest BCUT2D eigenvalue weighted by Crippen LogP contribution is 2.23. The SMILES string of the molecule is COc1cc(CNS(=O)(=O)c2ccc3[nH]c(=O)oc3c2)cc(OC)c1. The molecule has 2 aromatic carbocycles. The molecule has 0 saturated heterocycles. The number of hydrogen-bond acceptors (Lipinski definition) is 6. The van der Waals surface area contributed by atoms with Gasteiger partial charge >= 0.3 is 5.76 Å². The summed E-state index contributed by atoms with van der Waals surface area (Å²) in [6.45, 7) is 0.0466. The molecule has 0 spiro atoms. The molecular weight excluding hydrogens is 348 g/mol. The van der Waals surface area contributed by atoms with Crippen LogP contribution in [0, 0.1) is 0 Å². The third-order valence-electron chi connectivity index (χ3n) is 3.58. The summed E-state index contributed by atoms with van der Waals surface area (Å²) in [5, 5.41) is 0. The van der Waals surface area contributed by atoms with Gasteiger partial charge in [0.1, 0.15) is 11.5 Å². The molecule has 132 valence electrons. The van der Waals surface area contributed by atoms with Crippen LogP contribution in [0.1, 0.15) is 5.56 Å². The zero-order valence-electron chi connectivity index (χ0n) is 13.5. The van der Waals surface area contributed by atoms with Crippen molar-refractivity contribution in [3.8, 4) is 11.5 Å². The first-order valence-corrected chi connectivity index (χ1v) is 8.74. The maximum Gasteiger partial charge on any atom is 0.417 e. The Morgan fingerprint density at radius 3 is 2.40 bits per heavy atom. The summed E-state index contributed by atoms with van der Waals surface area (Å²) >= 11 is 0. The number of methoxy groups -OCH3 is 2. The molecule has 0 saturated carbocycles. The lowest BCUT2D eigenvalue weighted by Crippen LogP contribution is -2.23. The Bertz CT molecular complexity index is 1050. The maximum atomic E-state index is 12.5. The molecule has 0 radical (unpaired) electrons. The molecule has 3 rings (SSSR count). The summed E-state index contributed by atoms with van der Waals surface area (Å²) in [4.78, 5) is 13.6. The van der Waals surface area contributed by atoms with Gasteiger partial charge in [0, 0.05) is 18.7 Å². The van der Waals surface area contributed by atoms with Crippen molar-refractivity contribution in [2.24, 2.45) is 0 Å². The molecule has 0 amide bonds. The number of H-pyrrole nitrogens is 1. The Morgan fingerprint density at radius 1 is 1.08 bits per heavy atom. The zero-order chi connectivity index (χ0) is 18.0. The van der Waals surface area contributed by atoms with Crippen molar-refractivity contribution in [1.82, 2.24) is 9.71 Å². The maximum absolute atomic E-state index is 12.5. The Hall–Kier alpha value is -2.78. The molecule has 2 N–H and O–H groups in total. The average Bonchev–Trinajstić information content (AvgIpc) is 2.98. The van der Waals surface area contributed by atoms with Crippen LogP contribution in [0.4, 0.5) is 0 Å². The molecule has 0 aliphatic rings. The van der Waals surface area contributed by atoms with Crippen LogP contribution in [-0.2, 0) is 16.6 Å². The monoisotopic (exact) mass is 364 g/mol. The van der Waals surface area contributed by atoms with Crippen LogP contribution in [0.25, 0.3) is 11.1 Å². The molecule has 3 aromatic rings. The number of sulfonamides is 1. The molecule has 0 fully saturated rings. The van der Waals surface area contributed by atoms with Crippen molar-refractivity contribution in [1.29, 1.82) is 0 Å². The first-order valence-electron chi connectivity index (χ1n) is 7.26. The Balaban J connectivity index is 1.84. The van der Waals surface area contributed by atoms with Gasteiger partial charge in [-0.3, -0.25) is 4.98 Å². The van der Waals surface area contributed by atoms with E-state index >= 15 is 0 Å². The smallest absolute Gasteiger partial charge is 0.417 e. The predicted molar refractivity (Wildman–Crippen MR) is 90.4 cm³/mol. The van der Waals surface area contributed by atoms with E-state index in [-0.39, 0.29) is 17.0 Å². The fourth-order valence-corrected chi connectivity index (χ4v) is 3.36. The lowest BCUT2D eigenvalue weighted by atomic mass is 10.2. The highest BCUT2D eigenvalue weighted by atomic mass is 32.2. The number of rotatable bonds is 6. The highest BCUT2D eigenvalue weighted by Gasteiger charge is 2.16. The number of ether oxygens (including phenoxy) is 2. The molecule has 1 aromatic heterocycles. The van der Waals surface area contributed by atoms with E-state index in [1.54, 1.807) is 18.2 Å². The highest BCUT2D eigenvalue weighted by molar-refractivity contribution is 7.89. The van der Waals surface area contributed by atoms with E-state index in [1.807, 2.05) is 0 Å². The lowest BCUT2D eigenvalue weighted by Gasteiger charge is -2.10. The minimum absolute atomic E-state index is 0.00221. The second kappa shape index (κ2) is 6.61. The first kappa shape index (κ1) is 17.1. The summed E-state index contributed by atoms with van der Waals surface area (Å²) in [6.07, 6.45) is 0. The molecule has 0 bridgehead atoms. The van der Waals surface area contributed by atoms with E-state index in [0.717, 1.165) is 0 Å². The molecule has 9 heteroatoms. The zero-order valence-corrected chi connectivity index (χ0v) is 14.3. The first-order chi connectivity index (χ1) is 11.9. The predicted octanol–water partition coefficient (Wildman–Crippen LogP) is 1.62. The summed E-state index contributed by atoms with van der Waals surface area (Å²) in [7, 11) is -0.754. The van der Waals surface area contributed by atoms with Crippen molar-refractivity contribution in [3.63, 3.8) is 0 Å². The van der Waals surface area contributed by atoms with E-state index in [2.05, 4.69) is 9.71 Å². The van der Waals surface area contributed by atoms with Gasteiger partial charge in [0.2, 0.25) is 10.0 Å². The van der Waals surface area contributed by atoms with Gasteiger partial charge in [-0.2, -0.15) is 0 Å². The van der Waals surface area contributed by atoms with Gasteiger partial charge in [-0.15, -0.1) is 0 Å². The van der Waals surface area contributed by atoms with Crippen LogP contribution in [0.15, 0.2) is 50.5 Å². The Kier molecular flexibility index (Phi) is 4.51. The molecule has 8 nitrogen and oxygen atoms in total. The molecule has 0 unspecified atom stereocenters. The van der Waals surface area contributed by atoms with Crippen LogP contribution >= 0.6 is 0 Å². The molecule has 25 heavy (non-hydrogen) atoms. The molecule has 0 aliphatic heterocycles. The number of fused-ring (bicyclic) bond motifs is 1. The van der Waals surface area contributed by atoms with Gasteiger partial charge in [0.05, 0.1) is 24.6 Å². The number of aromatic amines is 1. The van der Waals surface area contributed by atoms with Gasteiger partial charge in [0.15, 0.2) is 5.58 Å². The quantitative estimate of drug-likeness (QED) is 0.688. The van der Waals surface area contributed by atoms with Gasteiger partial charge in [-0.1, -0.05) is 0 Å². The minimum atomic E-state index is -3.79. The fraction of sp³-hybridized carbons (Fsp3) is 0.188. The van der Waals surface area contributed by atoms with E-state index in [9.17, 15) is 13.2 Å². The lowest BCUT2D eigenvalue weighted by molar-refractivity contribution is 0.393. The van der Waals surface area contributed by atoms with Crippen LogP contribution < -0.4 is 20.0 Å². The van der Waals surface area contributed by atoms with Crippen molar-refractivity contribution in [3.05, 3.63) is 52.5 Å². The van der Waals surface area contributed by atoms with Crippen molar-refractivity contribution in [2.45, 2.75) is 11.4 Å². The Morgan fingerprint density at radius 2 is 1.76 bits per heavy atom. The van der Waals surface area contributed by atoms with Crippen molar-refractivity contribution >= 4 is 21.1 Å². The summed E-state index contributed by atoms with van der Waals surface area (Å²) in [6, 6.07) is 9.27. The standard InChI is InChI=1S/C16H16N2O6S/c1-22-11-5-10(6-12(7-11)23-2)9-17-25(20,21)13-3-4-14-15(8-13)24-16(19)18-14/h3-8,17H,9H2,1-2H3,(H,18,19). The van der Waals surface area contributed by atoms with Crippen molar-refractivity contribution in [2.75, 3.05) is 14.2 Å². The third-order valence-corrected chi connectivity index (χ3v) is 4.98. The summed E-state index contributed by atoms with van der Waals surface area (Å²) in [5.74, 6) is 0.481. The molecular formula is C16H16N2O6S. The van der Waals surface area contributed by atoms with Gasteiger partial charge in [-0.05, 0) is 29.8 Å². The van der Waals surface area contributed by atoms with E-state index in [4.69, 9.17) is 13.9 Å². The number of aromatic nitrogens is 1. The minimum Gasteiger partial charge on any atom is -0.497 e. The average molecular weight is 364 g/mol. The summed E-state index contributed by atoms with van der Waals surface area (Å²) in [5.41, 5.74) is 1.28. The topological polar surface area (TPSA) is 111 Å². The van der Waals surface area contributed by atoms with E-state index < -0.39 is 15.8 Å². The Labute approximate surface area is 143 Å². The normalized spacial score (nSPS) is 11.6. The largest absolute Gasteiger partial charge is 0.497 e. The third kappa shape index (κ3) is 3.67. The van der Waals surface area contributed by atoms with Crippen LogP contribution in [0.5, 0.6) is 11.5 Å². The fourth-order valence-electron chi connectivity index (χ4n) is 2.32. The molecule has 0 aliphatic carbocycles. The van der Waals surface area contributed by atoms with E-state index in [1.165, 1.54) is 32.4 Å². The number of nitrogens with one attached hydrogen (secondary N) is 2. The molecule has 0 atom stereocenters. The van der Waals surface area contributed by atoms with Crippen LogP contribution in [0.2, 0.25) is 0 Å². The molecule has 1 heterocycles. The van der Waals surface area contributed by atoms with E-state index in [0.29, 0.717) is 22.6 Å². The second-order valence-corrected chi connectivity index (χ2v) is 6.98. The van der Waals surface area contributed by atoms with Gasteiger partial charge in [0.25, 0.3) is 0 Å². The van der Waals surface area contributed by atoms with Gasteiger partial charge < -0.3 is 13.9 Å². The number of hydrogen-bond donors (Lipinski definition) is 2. The van der Waals surface area contributed by atoms with Crippen LogP contribution in [0.3, 0.4) is 0 Å². The second-order valence-electron chi connectivity index (χ2n) is 5.22. The van der Waals surface area contributed by atoms with Gasteiger partial charge in [-0.25, -0.2) is 17.9 Å². The number of benzene rings is 2. The van der Waals surface area contributed by atoms with Crippen molar-refractivity contribution < 1.29 is 22.3 Å². The summed E-state index contributed by atoms with van der Waals surface area (Å²) < 4.78 is 42.6. The number of oxazole rings is 1.